The Morgan fingerprint density at radius 2 is 1.41 bits per heavy atom. The predicted molar refractivity (Wildman–Crippen MR) is 148 cm³/mol. The summed E-state index contributed by atoms with van der Waals surface area (Å²) >= 11 is 0. The Hall–Kier alpha value is -4.64. The van der Waals surface area contributed by atoms with Gasteiger partial charge in [0.2, 0.25) is 5.71 Å². The molecule has 5 heteroatoms. The van der Waals surface area contributed by atoms with Crippen molar-refractivity contribution in [2.24, 2.45) is 0 Å². The Kier molecular flexibility index (Phi) is 4.40. The van der Waals surface area contributed by atoms with Crippen LogP contribution in [0.1, 0.15) is 24.0 Å². The Morgan fingerprint density at radius 1 is 0.595 bits per heavy atom. The van der Waals surface area contributed by atoms with Gasteiger partial charge >= 0.3 is 0 Å². The second-order valence-corrected chi connectivity index (χ2v) is 9.76. The summed E-state index contributed by atoms with van der Waals surface area (Å²) in [4.78, 5) is 10.3. The van der Waals surface area contributed by atoms with Crippen molar-refractivity contribution in [1.29, 1.82) is 0 Å². The SMILES string of the molecule is c1cc2cc(c1)oc1ccc3c4ccccc4n(c4ccc5c(n4)c4cc(ccc4CCCC5)o2)c3n1. The summed E-state index contributed by atoms with van der Waals surface area (Å²) in [7, 11) is 0. The number of pyridine rings is 2. The first kappa shape index (κ1) is 20.5. The summed E-state index contributed by atoms with van der Waals surface area (Å²) in [6.45, 7) is 0. The van der Waals surface area contributed by atoms with E-state index in [2.05, 4.69) is 65.1 Å². The van der Waals surface area contributed by atoms with E-state index in [1.54, 1.807) is 0 Å². The van der Waals surface area contributed by atoms with Gasteiger partial charge in [-0.25, -0.2) is 4.98 Å². The van der Waals surface area contributed by atoms with Crippen LogP contribution < -0.4 is 0 Å². The molecule has 0 aliphatic heterocycles. The van der Waals surface area contributed by atoms with Crippen LogP contribution in [0.2, 0.25) is 0 Å². The number of rotatable bonds is 0. The van der Waals surface area contributed by atoms with Crippen molar-refractivity contribution in [2.45, 2.75) is 25.7 Å². The van der Waals surface area contributed by atoms with Crippen molar-refractivity contribution in [3.63, 3.8) is 0 Å². The third-order valence-corrected chi connectivity index (χ3v) is 7.43. The van der Waals surface area contributed by atoms with E-state index in [1.165, 1.54) is 11.1 Å². The highest BCUT2D eigenvalue weighted by Gasteiger charge is 2.14. The summed E-state index contributed by atoms with van der Waals surface area (Å²) in [5, 5.41) is 3.36. The lowest BCUT2D eigenvalue weighted by Crippen LogP contribution is -1.99. The number of nitrogens with zero attached hydrogens (tertiary/aromatic N) is 3. The number of para-hydroxylation sites is 1. The Morgan fingerprint density at radius 3 is 2.35 bits per heavy atom. The Labute approximate surface area is 212 Å². The molecule has 0 N–H and O–H groups in total. The van der Waals surface area contributed by atoms with E-state index in [-0.39, 0.29) is 0 Å². The molecule has 3 aromatic carbocycles. The highest BCUT2D eigenvalue weighted by molar-refractivity contribution is 6.08. The predicted octanol–water partition coefficient (Wildman–Crippen LogP) is 8.25. The fourth-order valence-corrected chi connectivity index (χ4v) is 5.69. The summed E-state index contributed by atoms with van der Waals surface area (Å²) in [5.41, 5.74) is 9.06. The molecule has 1 aliphatic carbocycles. The highest BCUT2D eigenvalue weighted by Crippen LogP contribution is 2.31. The first-order chi connectivity index (χ1) is 18.3. The normalized spacial score (nSPS) is 13.5. The molecular formula is C32H23N3O2. The average molecular weight is 482 g/mol. The number of hydrogen-bond acceptors (Lipinski definition) is 4. The van der Waals surface area contributed by atoms with Crippen LogP contribution in [0.4, 0.5) is 0 Å². The molecule has 1 aliphatic rings. The summed E-state index contributed by atoms with van der Waals surface area (Å²) in [6.07, 6.45) is 4.35. The molecule has 37 heavy (non-hydrogen) atoms. The molecule has 0 spiro atoms. The van der Waals surface area contributed by atoms with Gasteiger partial charge in [0.1, 0.15) is 22.4 Å². The Bertz CT molecular complexity index is 2110. The molecule has 0 radical (unpaired) electrons. The zero-order chi connectivity index (χ0) is 24.3. The van der Waals surface area contributed by atoms with Gasteiger partial charge in [-0.1, -0.05) is 36.4 Å². The van der Waals surface area contributed by atoms with Crippen molar-refractivity contribution in [2.75, 3.05) is 0 Å². The van der Waals surface area contributed by atoms with E-state index in [4.69, 9.17) is 18.8 Å². The van der Waals surface area contributed by atoms with Crippen molar-refractivity contribution in [1.82, 2.24) is 14.4 Å². The Balaban J connectivity index is 1.68. The number of hydrogen-bond donors (Lipinski definition) is 0. The molecule has 4 aromatic heterocycles. The van der Waals surface area contributed by atoms with Gasteiger partial charge in [0.15, 0.2) is 5.65 Å². The lowest BCUT2D eigenvalue weighted by atomic mass is 9.95. The summed E-state index contributed by atoms with van der Waals surface area (Å²) in [6, 6.07) is 30.9. The highest BCUT2D eigenvalue weighted by atomic mass is 16.3. The molecule has 7 aromatic rings. The van der Waals surface area contributed by atoms with E-state index < -0.39 is 0 Å². The molecular weight excluding hydrogens is 458 g/mol. The molecule has 0 amide bonds. The van der Waals surface area contributed by atoms with Gasteiger partial charge in [0.25, 0.3) is 0 Å². The minimum Gasteiger partial charge on any atom is -0.457 e. The fraction of sp³-hybridized carbons (Fsp3) is 0.125. The van der Waals surface area contributed by atoms with Gasteiger partial charge in [-0.05, 0) is 79.3 Å². The topological polar surface area (TPSA) is 56.5 Å². The third kappa shape index (κ3) is 3.31. The van der Waals surface area contributed by atoms with Crippen molar-refractivity contribution in [3.8, 4) is 0 Å². The lowest BCUT2D eigenvalue weighted by molar-refractivity contribution is 0.633. The largest absolute Gasteiger partial charge is 0.457 e. The molecule has 5 nitrogen and oxygen atoms in total. The first-order valence-corrected chi connectivity index (χ1v) is 12.8. The van der Waals surface area contributed by atoms with Crippen molar-refractivity contribution < 1.29 is 8.83 Å². The van der Waals surface area contributed by atoms with Crippen LogP contribution in [0.25, 0.3) is 60.9 Å². The van der Waals surface area contributed by atoms with Crippen LogP contribution >= 0.6 is 0 Å². The average Bonchev–Trinajstić information content (AvgIpc) is 3.24. The van der Waals surface area contributed by atoms with Crippen LogP contribution in [0.15, 0.2) is 99.8 Å². The van der Waals surface area contributed by atoms with E-state index in [1.807, 2.05) is 30.3 Å². The van der Waals surface area contributed by atoms with E-state index in [9.17, 15) is 0 Å². The van der Waals surface area contributed by atoms with Gasteiger partial charge in [-0.15, -0.1) is 0 Å². The number of fused-ring (bicyclic) bond motifs is 9. The summed E-state index contributed by atoms with van der Waals surface area (Å²) < 4.78 is 14.7. The van der Waals surface area contributed by atoms with E-state index >= 15 is 0 Å². The van der Waals surface area contributed by atoms with Gasteiger partial charge in [-0.2, -0.15) is 4.98 Å². The smallest absolute Gasteiger partial charge is 0.221 e. The minimum absolute atomic E-state index is 0.526. The molecule has 8 rings (SSSR count). The third-order valence-electron chi connectivity index (χ3n) is 7.43. The summed E-state index contributed by atoms with van der Waals surface area (Å²) in [5.74, 6) is 0. The second kappa shape index (κ2) is 7.93. The van der Waals surface area contributed by atoms with E-state index in [0.717, 1.165) is 75.3 Å². The number of benzene rings is 3. The molecule has 4 heterocycles. The minimum atomic E-state index is 0.526. The van der Waals surface area contributed by atoms with Crippen molar-refractivity contribution in [3.05, 3.63) is 102 Å². The molecule has 0 unspecified atom stereocenters. The van der Waals surface area contributed by atoms with E-state index in [0.29, 0.717) is 11.3 Å². The molecule has 8 bridgehead atoms. The number of aryl methyl sites for hydroxylation is 2. The van der Waals surface area contributed by atoms with Gasteiger partial charge < -0.3 is 8.83 Å². The van der Waals surface area contributed by atoms with Crippen LogP contribution in [0, 0.1) is 0 Å². The van der Waals surface area contributed by atoms with Crippen LogP contribution in [-0.2, 0) is 12.8 Å². The maximum absolute atomic E-state index is 6.31. The molecule has 0 fully saturated rings. The lowest BCUT2D eigenvalue weighted by Gasteiger charge is -2.13. The monoisotopic (exact) mass is 481 g/mol. The maximum Gasteiger partial charge on any atom is 0.221 e. The number of aromatic nitrogens is 3. The maximum atomic E-state index is 6.31. The van der Waals surface area contributed by atoms with Gasteiger partial charge in [0, 0.05) is 28.3 Å². The van der Waals surface area contributed by atoms with Crippen molar-refractivity contribution >= 4 is 60.9 Å². The molecule has 178 valence electrons. The van der Waals surface area contributed by atoms with Crippen LogP contribution in [-0.4, -0.2) is 14.4 Å². The molecule has 0 saturated carbocycles. The zero-order valence-corrected chi connectivity index (χ0v) is 20.1. The second-order valence-electron chi connectivity index (χ2n) is 9.76. The standard InChI is InChI=1S/C32H23N3O2/c1-2-7-21-13-16-29-33-31(21)27-19-24(14-12-20(27)6-1)36-22-8-5-9-23(18-22)37-30-17-15-26-25-10-3-4-11-28(25)35(29)32(26)34-30/h3-5,8-19H,1-2,6-7H2. The van der Waals surface area contributed by atoms with Crippen LogP contribution in [0.3, 0.4) is 0 Å². The zero-order valence-electron chi connectivity index (χ0n) is 20.1. The van der Waals surface area contributed by atoms with Gasteiger partial charge in [-0.3, -0.25) is 4.40 Å². The van der Waals surface area contributed by atoms with Crippen LogP contribution in [0.5, 0.6) is 0 Å². The quantitative estimate of drug-likeness (QED) is 0.219. The first-order valence-electron chi connectivity index (χ1n) is 12.8. The fourth-order valence-electron chi connectivity index (χ4n) is 5.69. The molecule has 0 atom stereocenters. The molecule has 0 saturated heterocycles. The van der Waals surface area contributed by atoms with Gasteiger partial charge in [0.05, 0.1) is 11.0 Å².